The Morgan fingerprint density at radius 3 is 2.76 bits per heavy atom. The molecule has 21 heavy (non-hydrogen) atoms. The van der Waals surface area contributed by atoms with Gasteiger partial charge in [-0.1, -0.05) is 35.5 Å². The second kappa shape index (κ2) is 5.16. The quantitative estimate of drug-likeness (QED) is 0.539. The number of nitrogens with zero attached hydrogens (tertiary/aromatic N) is 5. The zero-order valence-corrected chi connectivity index (χ0v) is 11.1. The van der Waals surface area contributed by atoms with Crippen LogP contribution in [0.25, 0.3) is 11.4 Å². The van der Waals surface area contributed by atoms with Crippen LogP contribution in [0.5, 0.6) is 0 Å². The van der Waals surface area contributed by atoms with E-state index in [1.54, 1.807) is 6.92 Å². The summed E-state index contributed by atoms with van der Waals surface area (Å²) in [6.07, 6.45) is 2.52. The van der Waals surface area contributed by atoms with Crippen molar-refractivity contribution in [2.75, 3.05) is 0 Å². The van der Waals surface area contributed by atoms with Crippen LogP contribution < -0.4 is 0 Å². The molecule has 0 N–H and O–H groups in total. The smallest absolute Gasteiger partial charge is 0.307 e. The number of hydrogen-bond acceptors (Lipinski definition) is 6. The lowest BCUT2D eigenvalue weighted by Gasteiger charge is -2.04. The van der Waals surface area contributed by atoms with E-state index in [1.807, 2.05) is 30.3 Å². The molecule has 1 aromatic carbocycles. The van der Waals surface area contributed by atoms with Crippen molar-refractivity contribution in [3.05, 3.63) is 58.7 Å². The van der Waals surface area contributed by atoms with Gasteiger partial charge in [0.25, 0.3) is 5.89 Å². The van der Waals surface area contributed by atoms with Crippen molar-refractivity contribution >= 4 is 5.69 Å². The largest absolute Gasteiger partial charge is 0.337 e. The van der Waals surface area contributed by atoms with E-state index in [4.69, 9.17) is 4.52 Å². The fourth-order valence-corrected chi connectivity index (χ4v) is 1.86. The summed E-state index contributed by atoms with van der Waals surface area (Å²) in [7, 11) is 0. The Labute approximate surface area is 119 Å². The number of hydrogen-bond donors (Lipinski definition) is 0. The van der Waals surface area contributed by atoms with Gasteiger partial charge in [-0.3, -0.25) is 14.8 Å². The standard InChI is InChI=1S/C13H11N5O3/c1-9(17-8-11(7-14-17)18(19)20)13-15-12(16-21-13)10-5-3-2-4-6-10/h2-9H,1H3/t9-/m1/s1. The SMILES string of the molecule is C[C@H](c1nc(-c2ccccc2)no1)n1cc([N+](=O)[O-])cn1. The Hall–Kier alpha value is -3.03. The molecule has 2 aromatic heterocycles. The van der Waals surface area contributed by atoms with Crippen LogP contribution in [-0.2, 0) is 0 Å². The van der Waals surface area contributed by atoms with Crippen LogP contribution >= 0.6 is 0 Å². The van der Waals surface area contributed by atoms with E-state index < -0.39 is 4.92 Å². The van der Waals surface area contributed by atoms with Crippen molar-refractivity contribution in [1.82, 2.24) is 19.9 Å². The average molecular weight is 285 g/mol. The molecule has 0 radical (unpaired) electrons. The van der Waals surface area contributed by atoms with E-state index >= 15 is 0 Å². The van der Waals surface area contributed by atoms with Gasteiger partial charge in [-0.25, -0.2) is 0 Å². The first kappa shape index (κ1) is 13.0. The number of aromatic nitrogens is 4. The molecule has 2 heterocycles. The van der Waals surface area contributed by atoms with Crippen molar-refractivity contribution in [3.8, 4) is 11.4 Å². The second-order valence-corrected chi connectivity index (χ2v) is 4.43. The summed E-state index contributed by atoms with van der Waals surface area (Å²) in [4.78, 5) is 14.5. The van der Waals surface area contributed by atoms with Crippen LogP contribution in [0.3, 0.4) is 0 Å². The molecule has 0 amide bonds. The highest BCUT2D eigenvalue weighted by molar-refractivity contribution is 5.53. The molecule has 0 spiro atoms. The first-order valence-corrected chi connectivity index (χ1v) is 6.22. The highest BCUT2D eigenvalue weighted by Gasteiger charge is 2.20. The maximum Gasteiger partial charge on any atom is 0.307 e. The molecule has 3 aromatic rings. The molecule has 0 saturated carbocycles. The Morgan fingerprint density at radius 2 is 2.10 bits per heavy atom. The van der Waals surface area contributed by atoms with Crippen LogP contribution in [0.1, 0.15) is 18.9 Å². The maximum absolute atomic E-state index is 10.7. The van der Waals surface area contributed by atoms with Gasteiger partial charge in [0.05, 0.1) is 4.92 Å². The molecule has 8 nitrogen and oxygen atoms in total. The van der Waals surface area contributed by atoms with Gasteiger partial charge in [-0.2, -0.15) is 10.1 Å². The van der Waals surface area contributed by atoms with E-state index in [-0.39, 0.29) is 11.7 Å². The molecular weight excluding hydrogens is 274 g/mol. The number of rotatable bonds is 4. The van der Waals surface area contributed by atoms with E-state index in [9.17, 15) is 10.1 Å². The van der Waals surface area contributed by atoms with Crippen molar-refractivity contribution in [2.24, 2.45) is 0 Å². The van der Waals surface area contributed by atoms with E-state index in [1.165, 1.54) is 17.1 Å². The van der Waals surface area contributed by atoms with Crippen LogP contribution in [0.15, 0.2) is 47.2 Å². The second-order valence-electron chi connectivity index (χ2n) is 4.43. The fraction of sp³-hybridized carbons (Fsp3) is 0.154. The molecular formula is C13H11N5O3. The van der Waals surface area contributed by atoms with Gasteiger partial charge in [-0.05, 0) is 6.92 Å². The Morgan fingerprint density at radius 1 is 1.33 bits per heavy atom. The van der Waals surface area contributed by atoms with Gasteiger partial charge < -0.3 is 4.52 Å². The monoisotopic (exact) mass is 285 g/mol. The first-order chi connectivity index (χ1) is 10.1. The predicted octanol–water partition coefficient (Wildman–Crippen LogP) is 2.45. The van der Waals surface area contributed by atoms with Gasteiger partial charge in [0.1, 0.15) is 18.4 Å². The van der Waals surface area contributed by atoms with Crippen molar-refractivity contribution < 1.29 is 9.45 Å². The lowest BCUT2D eigenvalue weighted by atomic mass is 10.2. The third-order valence-corrected chi connectivity index (χ3v) is 3.03. The van der Waals surface area contributed by atoms with E-state index in [2.05, 4.69) is 15.2 Å². The van der Waals surface area contributed by atoms with Gasteiger partial charge in [0.2, 0.25) is 5.82 Å². The summed E-state index contributed by atoms with van der Waals surface area (Å²) in [5.41, 5.74) is 0.760. The van der Waals surface area contributed by atoms with Crippen molar-refractivity contribution in [2.45, 2.75) is 13.0 Å². The van der Waals surface area contributed by atoms with Gasteiger partial charge in [0.15, 0.2) is 0 Å². The highest BCUT2D eigenvalue weighted by atomic mass is 16.6. The van der Waals surface area contributed by atoms with E-state index in [0.29, 0.717) is 11.7 Å². The Bertz CT molecular complexity index is 765. The molecule has 0 aliphatic rings. The van der Waals surface area contributed by atoms with Crippen LogP contribution in [0.2, 0.25) is 0 Å². The summed E-state index contributed by atoms with van der Waals surface area (Å²) in [5, 5.41) is 18.5. The van der Waals surface area contributed by atoms with Crippen LogP contribution in [0.4, 0.5) is 5.69 Å². The minimum atomic E-state index is -0.501. The molecule has 0 aliphatic carbocycles. The topological polar surface area (TPSA) is 99.9 Å². The lowest BCUT2D eigenvalue weighted by Crippen LogP contribution is -2.07. The molecule has 3 rings (SSSR count). The van der Waals surface area contributed by atoms with Crippen LogP contribution in [0, 0.1) is 10.1 Å². The fourth-order valence-electron chi connectivity index (χ4n) is 1.86. The zero-order valence-electron chi connectivity index (χ0n) is 11.1. The molecule has 0 saturated heterocycles. The third-order valence-electron chi connectivity index (χ3n) is 3.03. The van der Waals surface area contributed by atoms with Crippen molar-refractivity contribution in [1.29, 1.82) is 0 Å². The van der Waals surface area contributed by atoms with E-state index in [0.717, 1.165) is 5.56 Å². The Kier molecular flexibility index (Phi) is 3.19. The molecule has 0 bridgehead atoms. The first-order valence-electron chi connectivity index (χ1n) is 6.22. The molecule has 0 unspecified atom stereocenters. The lowest BCUT2D eigenvalue weighted by molar-refractivity contribution is -0.385. The minimum Gasteiger partial charge on any atom is -0.337 e. The summed E-state index contributed by atoms with van der Waals surface area (Å²) in [5.74, 6) is 0.811. The maximum atomic E-state index is 10.7. The van der Waals surface area contributed by atoms with Gasteiger partial charge in [0, 0.05) is 5.56 Å². The normalized spacial score (nSPS) is 12.2. The summed E-state index contributed by atoms with van der Waals surface area (Å²) in [6.45, 7) is 1.78. The summed E-state index contributed by atoms with van der Waals surface area (Å²) in [6, 6.07) is 9.02. The summed E-state index contributed by atoms with van der Waals surface area (Å²) < 4.78 is 6.63. The van der Waals surface area contributed by atoms with Gasteiger partial charge >= 0.3 is 5.69 Å². The molecule has 106 valence electrons. The van der Waals surface area contributed by atoms with Gasteiger partial charge in [-0.15, -0.1) is 0 Å². The minimum absolute atomic E-state index is 0.0790. The highest BCUT2D eigenvalue weighted by Crippen LogP contribution is 2.21. The van der Waals surface area contributed by atoms with Crippen molar-refractivity contribution in [3.63, 3.8) is 0 Å². The zero-order chi connectivity index (χ0) is 14.8. The number of benzene rings is 1. The predicted molar refractivity (Wildman–Crippen MR) is 72.4 cm³/mol. The molecule has 8 heteroatoms. The van der Waals surface area contributed by atoms with Crippen LogP contribution in [-0.4, -0.2) is 24.8 Å². The molecule has 0 aliphatic heterocycles. The summed E-state index contributed by atoms with van der Waals surface area (Å²) >= 11 is 0. The average Bonchev–Trinajstić information content (AvgIpc) is 3.17. The third kappa shape index (κ3) is 2.50. The Balaban J connectivity index is 1.87. The number of nitro groups is 1. The molecule has 0 fully saturated rings. The molecule has 1 atom stereocenters.